The maximum Gasteiger partial charge on any atom is 0.333 e. The monoisotopic (exact) mass is 224 g/mol. The summed E-state index contributed by atoms with van der Waals surface area (Å²) in [6.07, 6.45) is 3.52. The third kappa shape index (κ3) is 3.36. The zero-order valence-corrected chi connectivity index (χ0v) is 11.0. The summed E-state index contributed by atoms with van der Waals surface area (Å²) in [5, 5.41) is 0. The van der Waals surface area contributed by atoms with Gasteiger partial charge in [-0.1, -0.05) is 33.8 Å². The van der Waals surface area contributed by atoms with Crippen molar-refractivity contribution < 1.29 is 9.53 Å². The van der Waals surface area contributed by atoms with Gasteiger partial charge in [0.2, 0.25) is 0 Å². The molecule has 0 aromatic carbocycles. The molecule has 0 aromatic heterocycles. The van der Waals surface area contributed by atoms with Crippen molar-refractivity contribution in [3.8, 4) is 0 Å². The SMILES string of the molecule is C=C(C)C(=O)O[C@@H]1C[C@H](C)CC[C@@H]1C(C)C. The van der Waals surface area contributed by atoms with Crippen LogP contribution in [0.25, 0.3) is 0 Å². The van der Waals surface area contributed by atoms with Crippen LogP contribution in [-0.2, 0) is 9.53 Å². The summed E-state index contributed by atoms with van der Waals surface area (Å²) in [7, 11) is 0. The van der Waals surface area contributed by atoms with Crippen LogP contribution in [0.1, 0.15) is 47.0 Å². The molecule has 1 fully saturated rings. The summed E-state index contributed by atoms with van der Waals surface area (Å²) >= 11 is 0. The molecule has 0 heterocycles. The van der Waals surface area contributed by atoms with Crippen molar-refractivity contribution in [2.75, 3.05) is 0 Å². The van der Waals surface area contributed by atoms with Crippen LogP contribution in [0.2, 0.25) is 0 Å². The van der Waals surface area contributed by atoms with Crippen molar-refractivity contribution in [1.82, 2.24) is 0 Å². The van der Waals surface area contributed by atoms with E-state index in [0.717, 1.165) is 6.42 Å². The first-order valence-electron chi connectivity index (χ1n) is 6.28. The minimum atomic E-state index is -0.232. The van der Waals surface area contributed by atoms with Crippen LogP contribution < -0.4 is 0 Å². The lowest BCUT2D eigenvalue weighted by Gasteiger charge is -2.36. The first-order valence-corrected chi connectivity index (χ1v) is 6.28. The highest BCUT2D eigenvalue weighted by Crippen LogP contribution is 2.35. The molecular formula is C14H24O2. The Morgan fingerprint density at radius 3 is 2.50 bits per heavy atom. The van der Waals surface area contributed by atoms with Crippen molar-refractivity contribution in [3.05, 3.63) is 12.2 Å². The molecule has 1 aliphatic rings. The molecule has 0 radical (unpaired) electrons. The fourth-order valence-corrected chi connectivity index (χ4v) is 2.49. The number of esters is 1. The summed E-state index contributed by atoms with van der Waals surface area (Å²) in [6, 6.07) is 0. The Labute approximate surface area is 99.1 Å². The lowest BCUT2D eigenvalue weighted by Crippen LogP contribution is -2.35. The van der Waals surface area contributed by atoms with E-state index in [0.29, 0.717) is 23.3 Å². The molecule has 1 aliphatic carbocycles. The number of hydrogen-bond donors (Lipinski definition) is 0. The first kappa shape index (κ1) is 13.3. The summed E-state index contributed by atoms with van der Waals surface area (Å²) in [6.45, 7) is 12.0. The van der Waals surface area contributed by atoms with Crippen LogP contribution in [0.3, 0.4) is 0 Å². The normalized spacial score (nSPS) is 30.2. The van der Waals surface area contributed by atoms with Gasteiger partial charge in [0.1, 0.15) is 6.10 Å². The van der Waals surface area contributed by atoms with Crippen molar-refractivity contribution in [2.45, 2.75) is 53.1 Å². The first-order chi connectivity index (χ1) is 7.41. The van der Waals surface area contributed by atoms with E-state index in [2.05, 4.69) is 27.4 Å². The van der Waals surface area contributed by atoms with E-state index in [1.807, 2.05) is 0 Å². The van der Waals surface area contributed by atoms with Crippen LogP contribution in [0.4, 0.5) is 0 Å². The van der Waals surface area contributed by atoms with Crippen molar-refractivity contribution in [2.24, 2.45) is 17.8 Å². The van der Waals surface area contributed by atoms with Crippen LogP contribution in [-0.4, -0.2) is 12.1 Å². The van der Waals surface area contributed by atoms with Crippen molar-refractivity contribution in [1.29, 1.82) is 0 Å². The molecule has 0 unspecified atom stereocenters. The molecule has 0 saturated heterocycles. The number of carbonyl (C=O) groups excluding carboxylic acids is 1. The predicted octanol–water partition coefficient (Wildman–Crippen LogP) is 3.57. The van der Waals surface area contributed by atoms with E-state index in [1.54, 1.807) is 6.92 Å². The molecule has 0 aliphatic heterocycles. The predicted molar refractivity (Wildman–Crippen MR) is 66.0 cm³/mol. The molecule has 92 valence electrons. The topological polar surface area (TPSA) is 26.3 Å². The quantitative estimate of drug-likeness (QED) is 0.541. The number of rotatable bonds is 3. The van der Waals surface area contributed by atoms with Gasteiger partial charge in [0.25, 0.3) is 0 Å². The molecule has 0 bridgehead atoms. The van der Waals surface area contributed by atoms with E-state index in [4.69, 9.17) is 4.74 Å². The maximum absolute atomic E-state index is 11.6. The minimum absolute atomic E-state index is 0.0907. The second kappa shape index (κ2) is 5.51. The Morgan fingerprint density at radius 2 is 2.00 bits per heavy atom. The van der Waals surface area contributed by atoms with E-state index >= 15 is 0 Å². The van der Waals surface area contributed by atoms with E-state index < -0.39 is 0 Å². The van der Waals surface area contributed by atoms with Crippen molar-refractivity contribution in [3.63, 3.8) is 0 Å². The Balaban J connectivity index is 2.64. The lowest BCUT2D eigenvalue weighted by atomic mass is 9.75. The largest absolute Gasteiger partial charge is 0.459 e. The summed E-state index contributed by atoms with van der Waals surface area (Å²) in [5.41, 5.74) is 0.501. The lowest BCUT2D eigenvalue weighted by molar-refractivity contribution is -0.150. The molecule has 0 aromatic rings. The molecule has 2 heteroatoms. The molecule has 3 atom stereocenters. The van der Waals surface area contributed by atoms with E-state index in [1.165, 1.54) is 12.8 Å². The summed E-state index contributed by atoms with van der Waals surface area (Å²) < 4.78 is 5.56. The zero-order chi connectivity index (χ0) is 12.3. The van der Waals surface area contributed by atoms with Gasteiger partial charge in [0, 0.05) is 5.57 Å². The van der Waals surface area contributed by atoms with Crippen molar-refractivity contribution >= 4 is 5.97 Å². The average Bonchev–Trinajstić information content (AvgIpc) is 2.16. The van der Waals surface area contributed by atoms with Gasteiger partial charge in [-0.15, -0.1) is 0 Å². The fraction of sp³-hybridized carbons (Fsp3) is 0.786. The molecule has 16 heavy (non-hydrogen) atoms. The maximum atomic E-state index is 11.6. The molecule has 2 nitrogen and oxygen atoms in total. The third-order valence-corrected chi connectivity index (χ3v) is 3.57. The molecular weight excluding hydrogens is 200 g/mol. The average molecular weight is 224 g/mol. The standard InChI is InChI=1S/C14H24O2/c1-9(2)12-7-6-11(5)8-13(12)16-14(15)10(3)4/h9,11-13H,3,6-8H2,1-2,4-5H3/t11-,12-,13-/m1/s1. The van der Waals surface area contributed by atoms with Gasteiger partial charge in [-0.3, -0.25) is 0 Å². The van der Waals surface area contributed by atoms with Gasteiger partial charge >= 0.3 is 5.97 Å². The Kier molecular flexibility index (Phi) is 4.57. The van der Waals surface area contributed by atoms with Gasteiger partial charge < -0.3 is 4.74 Å². The van der Waals surface area contributed by atoms with Crippen LogP contribution in [0, 0.1) is 17.8 Å². The van der Waals surface area contributed by atoms with Gasteiger partial charge in [0.05, 0.1) is 0 Å². The minimum Gasteiger partial charge on any atom is -0.459 e. The highest BCUT2D eigenvalue weighted by atomic mass is 16.5. The smallest absolute Gasteiger partial charge is 0.333 e. The van der Waals surface area contributed by atoms with E-state index in [-0.39, 0.29) is 12.1 Å². The second-order valence-electron chi connectivity index (χ2n) is 5.55. The van der Waals surface area contributed by atoms with Gasteiger partial charge in [-0.05, 0) is 37.5 Å². The van der Waals surface area contributed by atoms with Crippen LogP contribution in [0.5, 0.6) is 0 Å². The second-order valence-corrected chi connectivity index (χ2v) is 5.55. The molecule has 0 N–H and O–H groups in total. The Hall–Kier alpha value is -0.790. The fourth-order valence-electron chi connectivity index (χ4n) is 2.49. The van der Waals surface area contributed by atoms with Crippen LogP contribution >= 0.6 is 0 Å². The molecule has 1 rings (SSSR count). The van der Waals surface area contributed by atoms with Gasteiger partial charge in [-0.2, -0.15) is 0 Å². The number of carbonyl (C=O) groups is 1. The summed E-state index contributed by atoms with van der Waals surface area (Å²) in [4.78, 5) is 11.6. The van der Waals surface area contributed by atoms with Gasteiger partial charge in [-0.25, -0.2) is 4.79 Å². The summed E-state index contributed by atoms with van der Waals surface area (Å²) in [5.74, 6) is 1.53. The highest BCUT2D eigenvalue weighted by Gasteiger charge is 2.33. The highest BCUT2D eigenvalue weighted by molar-refractivity contribution is 5.87. The third-order valence-electron chi connectivity index (χ3n) is 3.57. The van der Waals surface area contributed by atoms with E-state index in [9.17, 15) is 4.79 Å². The molecule has 0 spiro atoms. The number of hydrogen-bond acceptors (Lipinski definition) is 2. The van der Waals surface area contributed by atoms with Crippen LogP contribution in [0.15, 0.2) is 12.2 Å². The Morgan fingerprint density at radius 1 is 1.38 bits per heavy atom. The molecule has 1 saturated carbocycles. The molecule has 0 amide bonds. The van der Waals surface area contributed by atoms with Gasteiger partial charge in [0.15, 0.2) is 0 Å². The number of ether oxygens (including phenoxy) is 1. The zero-order valence-electron chi connectivity index (χ0n) is 11.0. The Bertz CT molecular complexity index is 268.